The van der Waals surface area contributed by atoms with Crippen molar-refractivity contribution in [3.63, 3.8) is 0 Å². The number of hydrogen-bond donors (Lipinski definition) is 1. The number of nitrogens with two attached hydrogens (primary N) is 1. The third kappa shape index (κ3) is 3.17. The van der Waals surface area contributed by atoms with Crippen LogP contribution in [-0.2, 0) is 14.8 Å². The molecule has 1 aromatic rings. The average Bonchev–Trinajstić information content (AvgIpc) is 3.10. The van der Waals surface area contributed by atoms with Crippen LogP contribution in [0.1, 0.15) is 36.3 Å². The molecule has 6 heteroatoms. The summed E-state index contributed by atoms with van der Waals surface area (Å²) in [5.41, 5.74) is 2.45. The molecule has 1 aromatic carbocycles. The molecule has 1 saturated heterocycles. The molecule has 120 valence electrons. The van der Waals surface area contributed by atoms with Gasteiger partial charge in [0.15, 0.2) is 0 Å². The first-order valence-corrected chi connectivity index (χ1v) is 9.45. The molecule has 1 saturated carbocycles. The Bertz CT molecular complexity index is 686. The van der Waals surface area contributed by atoms with E-state index in [-0.39, 0.29) is 29.5 Å². The molecule has 22 heavy (non-hydrogen) atoms. The minimum atomic E-state index is -3.55. The maximum Gasteiger partial charge on any atom is 0.226 e. The molecule has 2 fully saturated rings. The van der Waals surface area contributed by atoms with Crippen molar-refractivity contribution in [1.82, 2.24) is 4.90 Å². The maximum absolute atomic E-state index is 12.7. The highest BCUT2D eigenvalue weighted by Gasteiger charge is 2.48. The van der Waals surface area contributed by atoms with Crippen LogP contribution in [0.5, 0.6) is 0 Å². The first-order valence-electron chi connectivity index (χ1n) is 7.73. The van der Waals surface area contributed by atoms with Crippen LogP contribution in [0.2, 0.25) is 0 Å². The number of primary sulfonamides is 1. The lowest BCUT2D eigenvalue weighted by Gasteiger charge is -2.24. The molecule has 0 radical (unpaired) electrons. The Hall–Kier alpha value is -1.40. The first kappa shape index (κ1) is 15.5. The van der Waals surface area contributed by atoms with Gasteiger partial charge in [-0.05, 0) is 43.2 Å². The van der Waals surface area contributed by atoms with E-state index in [1.54, 1.807) is 4.90 Å². The highest BCUT2D eigenvalue weighted by molar-refractivity contribution is 7.89. The van der Waals surface area contributed by atoms with Gasteiger partial charge in [0.2, 0.25) is 15.9 Å². The molecule has 0 spiro atoms. The molecule has 2 aliphatic rings. The molecule has 1 heterocycles. The number of carbonyl (C=O) groups excluding carboxylic acids is 1. The van der Waals surface area contributed by atoms with Gasteiger partial charge >= 0.3 is 0 Å². The second-order valence-corrected chi connectivity index (χ2v) is 8.12. The van der Waals surface area contributed by atoms with Gasteiger partial charge in [0.1, 0.15) is 0 Å². The molecule has 3 rings (SSSR count). The Morgan fingerprint density at radius 2 is 2.09 bits per heavy atom. The number of sulfonamides is 1. The molecule has 5 nitrogen and oxygen atoms in total. The fourth-order valence-electron chi connectivity index (χ4n) is 3.59. The second-order valence-electron chi connectivity index (χ2n) is 6.46. The number of rotatable bonds is 4. The Morgan fingerprint density at radius 1 is 1.36 bits per heavy atom. The zero-order chi connectivity index (χ0) is 15.9. The maximum atomic E-state index is 12.7. The predicted octanol–water partition coefficient (Wildman–Crippen LogP) is 1.38. The Balaban J connectivity index is 1.69. The summed E-state index contributed by atoms with van der Waals surface area (Å²) < 4.78 is 22.6. The van der Waals surface area contributed by atoms with Gasteiger partial charge in [-0.15, -0.1) is 0 Å². The number of amides is 1. The fourth-order valence-corrected chi connectivity index (χ4v) is 4.48. The Morgan fingerprint density at radius 3 is 2.77 bits per heavy atom. The summed E-state index contributed by atoms with van der Waals surface area (Å²) in [6, 6.07) is 7.90. The summed E-state index contributed by atoms with van der Waals surface area (Å²) in [6.07, 6.45) is 2.44. The number of carbonyl (C=O) groups is 1. The van der Waals surface area contributed by atoms with E-state index in [2.05, 4.69) is 19.1 Å². The van der Waals surface area contributed by atoms with Crippen molar-refractivity contribution in [3.05, 3.63) is 35.4 Å². The van der Waals surface area contributed by atoms with Gasteiger partial charge in [0.25, 0.3) is 0 Å². The minimum Gasteiger partial charge on any atom is -0.338 e. The number of likely N-dealkylation sites (tertiary alicyclic amines) is 1. The van der Waals surface area contributed by atoms with Crippen molar-refractivity contribution in [1.29, 1.82) is 0 Å². The van der Waals surface area contributed by atoms with Gasteiger partial charge in [-0.1, -0.05) is 24.3 Å². The molecular weight excluding hydrogens is 300 g/mol. The number of hydrogen-bond acceptors (Lipinski definition) is 3. The fraction of sp³-hybridized carbons (Fsp3) is 0.562. The van der Waals surface area contributed by atoms with Crippen LogP contribution >= 0.6 is 0 Å². The molecule has 0 bridgehead atoms. The van der Waals surface area contributed by atoms with Gasteiger partial charge < -0.3 is 4.90 Å². The highest BCUT2D eigenvalue weighted by Crippen LogP contribution is 2.50. The minimum absolute atomic E-state index is 0.00202. The third-order valence-electron chi connectivity index (χ3n) is 4.78. The van der Waals surface area contributed by atoms with Crippen LogP contribution in [0.4, 0.5) is 0 Å². The van der Waals surface area contributed by atoms with Gasteiger partial charge in [-0.3, -0.25) is 4.79 Å². The summed E-state index contributed by atoms with van der Waals surface area (Å²) in [7, 11) is -3.55. The van der Waals surface area contributed by atoms with Gasteiger partial charge in [-0.25, -0.2) is 13.6 Å². The van der Waals surface area contributed by atoms with Crippen molar-refractivity contribution < 1.29 is 13.2 Å². The summed E-state index contributed by atoms with van der Waals surface area (Å²) in [5, 5.41) is 5.14. The molecule has 1 aliphatic carbocycles. The number of benzene rings is 1. The lowest BCUT2D eigenvalue weighted by molar-refractivity contribution is -0.133. The number of nitrogens with zero attached hydrogens (tertiary/aromatic N) is 1. The van der Waals surface area contributed by atoms with Crippen molar-refractivity contribution in [2.24, 2.45) is 11.1 Å². The van der Waals surface area contributed by atoms with E-state index in [4.69, 9.17) is 5.14 Å². The first-order chi connectivity index (χ1) is 10.4. The molecule has 1 aliphatic heterocycles. The van der Waals surface area contributed by atoms with Gasteiger partial charge in [0, 0.05) is 18.5 Å². The van der Waals surface area contributed by atoms with Crippen LogP contribution in [0, 0.1) is 12.8 Å². The van der Waals surface area contributed by atoms with E-state index in [0.717, 1.165) is 19.3 Å². The van der Waals surface area contributed by atoms with Crippen LogP contribution < -0.4 is 5.14 Å². The van der Waals surface area contributed by atoms with Crippen LogP contribution in [0.15, 0.2) is 24.3 Å². The van der Waals surface area contributed by atoms with Gasteiger partial charge in [0.05, 0.1) is 5.75 Å². The zero-order valence-corrected chi connectivity index (χ0v) is 13.6. The smallest absolute Gasteiger partial charge is 0.226 e. The quantitative estimate of drug-likeness (QED) is 0.909. The largest absolute Gasteiger partial charge is 0.338 e. The zero-order valence-electron chi connectivity index (χ0n) is 12.7. The monoisotopic (exact) mass is 322 g/mol. The topological polar surface area (TPSA) is 80.5 Å². The van der Waals surface area contributed by atoms with E-state index in [0.29, 0.717) is 6.54 Å². The van der Waals surface area contributed by atoms with Gasteiger partial charge in [-0.2, -0.15) is 0 Å². The highest BCUT2D eigenvalue weighted by atomic mass is 32.2. The van der Waals surface area contributed by atoms with Crippen molar-refractivity contribution >= 4 is 15.9 Å². The van der Waals surface area contributed by atoms with E-state index in [1.807, 2.05) is 12.1 Å². The normalized spacial score (nSPS) is 27.9. The molecular formula is C16H22N2O3S. The lowest BCUT2D eigenvalue weighted by Crippen LogP contribution is -2.42. The predicted molar refractivity (Wildman–Crippen MR) is 84.7 cm³/mol. The Kier molecular flexibility index (Phi) is 3.99. The van der Waals surface area contributed by atoms with Crippen molar-refractivity contribution in [3.8, 4) is 0 Å². The van der Waals surface area contributed by atoms with E-state index >= 15 is 0 Å². The standard InChI is InChI=1S/C16H22N2O3S/c1-11-5-2-3-7-13(11)14-9-15(14)16(19)18-8-4-6-12(18)10-22(17,20)21/h2-3,5,7,12,14-15H,4,6,8-10H2,1H3,(H2,17,20,21)/t12-,14-,15+/m0/s1. The average molecular weight is 322 g/mol. The molecule has 1 amide bonds. The summed E-state index contributed by atoms with van der Waals surface area (Å²) >= 11 is 0. The molecule has 3 atom stereocenters. The number of aryl methyl sites for hydroxylation is 1. The SMILES string of the molecule is Cc1ccccc1[C@@H]1C[C@H]1C(=O)N1CCC[C@H]1CS(N)(=O)=O. The van der Waals surface area contributed by atoms with Crippen LogP contribution in [0.25, 0.3) is 0 Å². The van der Waals surface area contributed by atoms with Crippen molar-refractivity contribution in [2.75, 3.05) is 12.3 Å². The van der Waals surface area contributed by atoms with E-state index in [1.165, 1.54) is 11.1 Å². The van der Waals surface area contributed by atoms with Crippen LogP contribution in [-0.4, -0.2) is 37.6 Å². The van der Waals surface area contributed by atoms with Crippen molar-refractivity contribution in [2.45, 2.75) is 38.1 Å². The molecule has 0 unspecified atom stereocenters. The molecule has 0 aromatic heterocycles. The Labute approximate surface area is 131 Å². The van der Waals surface area contributed by atoms with Crippen LogP contribution in [0.3, 0.4) is 0 Å². The summed E-state index contributed by atoms with van der Waals surface area (Å²) in [6.45, 7) is 2.71. The lowest BCUT2D eigenvalue weighted by atomic mass is 10.0. The molecule has 2 N–H and O–H groups in total. The third-order valence-corrected chi connectivity index (χ3v) is 5.63. The van der Waals surface area contributed by atoms with E-state index < -0.39 is 10.0 Å². The summed E-state index contributed by atoms with van der Waals surface area (Å²) in [5.74, 6) is 0.256. The van der Waals surface area contributed by atoms with E-state index in [9.17, 15) is 13.2 Å². The second kappa shape index (κ2) is 5.66. The summed E-state index contributed by atoms with van der Waals surface area (Å²) in [4.78, 5) is 14.4.